The summed E-state index contributed by atoms with van der Waals surface area (Å²) in [5.41, 5.74) is 3.37. The molecule has 0 saturated carbocycles. The first kappa shape index (κ1) is 22.7. The van der Waals surface area contributed by atoms with Gasteiger partial charge >= 0.3 is 0 Å². The molecule has 34 heavy (non-hydrogen) atoms. The van der Waals surface area contributed by atoms with Crippen LogP contribution >= 0.6 is 11.3 Å². The molecule has 1 amide bonds. The molecule has 0 aliphatic carbocycles. The maximum absolute atomic E-state index is 13.7. The van der Waals surface area contributed by atoms with Gasteiger partial charge in [0.15, 0.2) is 5.13 Å². The molecule has 1 aliphatic heterocycles. The van der Waals surface area contributed by atoms with Crippen LogP contribution in [-0.2, 0) is 4.74 Å². The van der Waals surface area contributed by atoms with Crippen molar-refractivity contribution in [3.8, 4) is 0 Å². The van der Waals surface area contributed by atoms with Crippen molar-refractivity contribution in [1.29, 1.82) is 0 Å². The molecule has 2 aromatic heterocycles. The lowest BCUT2D eigenvalue weighted by atomic mass is 10.1. The molecular formula is C26H27N3O4S. The first-order valence-corrected chi connectivity index (χ1v) is 12.3. The van der Waals surface area contributed by atoms with Crippen LogP contribution in [0, 0.1) is 13.8 Å². The van der Waals surface area contributed by atoms with Gasteiger partial charge in [-0.05, 0) is 55.7 Å². The first-order chi connectivity index (χ1) is 16.5. The Morgan fingerprint density at radius 2 is 1.91 bits per heavy atom. The van der Waals surface area contributed by atoms with E-state index in [9.17, 15) is 9.59 Å². The number of amides is 1. The standard InChI is InChI=1S/C26H27N3O4S/c1-17-14-21-23(15-18(17)2)34-26(27-21)29(9-5-8-28-10-12-32-13-11-28)25(31)20-16-33-22-7-4-3-6-19(22)24(20)30/h3-4,6-7,14-16H,5,8-13H2,1-2H3. The fourth-order valence-corrected chi connectivity index (χ4v) is 5.29. The lowest BCUT2D eigenvalue weighted by molar-refractivity contribution is 0.0376. The summed E-state index contributed by atoms with van der Waals surface area (Å²) in [5, 5.41) is 0.997. The van der Waals surface area contributed by atoms with Gasteiger partial charge in [-0.15, -0.1) is 0 Å². The van der Waals surface area contributed by atoms with Gasteiger partial charge in [0.2, 0.25) is 5.43 Å². The van der Waals surface area contributed by atoms with E-state index in [0.29, 0.717) is 22.6 Å². The zero-order valence-corrected chi connectivity index (χ0v) is 20.2. The van der Waals surface area contributed by atoms with Crippen LogP contribution in [0.2, 0.25) is 0 Å². The van der Waals surface area contributed by atoms with E-state index < -0.39 is 0 Å². The predicted molar refractivity (Wildman–Crippen MR) is 135 cm³/mol. The largest absolute Gasteiger partial charge is 0.463 e. The summed E-state index contributed by atoms with van der Waals surface area (Å²) < 4.78 is 12.1. The second-order valence-corrected chi connectivity index (χ2v) is 9.65. The van der Waals surface area contributed by atoms with Crippen LogP contribution < -0.4 is 10.3 Å². The van der Waals surface area contributed by atoms with Gasteiger partial charge in [0.1, 0.15) is 17.4 Å². The normalized spacial score (nSPS) is 14.6. The van der Waals surface area contributed by atoms with E-state index >= 15 is 0 Å². The Balaban J connectivity index is 1.49. The number of aryl methyl sites for hydroxylation is 2. The van der Waals surface area contributed by atoms with Gasteiger partial charge in [-0.25, -0.2) is 4.98 Å². The first-order valence-electron chi connectivity index (χ1n) is 11.5. The topological polar surface area (TPSA) is 75.9 Å². The van der Waals surface area contributed by atoms with Gasteiger partial charge in [-0.3, -0.25) is 19.4 Å². The van der Waals surface area contributed by atoms with Crippen molar-refractivity contribution in [2.45, 2.75) is 20.3 Å². The average molecular weight is 478 g/mol. The SMILES string of the molecule is Cc1cc2nc(N(CCCN3CCOCC3)C(=O)c3coc4ccccc4c3=O)sc2cc1C. The molecule has 0 N–H and O–H groups in total. The number of fused-ring (bicyclic) bond motifs is 2. The van der Waals surface area contributed by atoms with Crippen LogP contribution in [0.3, 0.4) is 0 Å². The third-order valence-corrected chi connectivity index (χ3v) is 7.38. The van der Waals surface area contributed by atoms with Gasteiger partial charge in [0.25, 0.3) is 5.91 Å². The molecule has 0 bridgehead atoms. The lowest BCUT2D eigenvalue weighted by Crippen LogP contribution is -2.40. The molecule has 4 aromatic rings. The molecule has 2 aromatic carbocycles. The Hall–Kier alpha value is -3.07. The monoisotopic (exact) mass is 477 g/mol. The fourth-order valence-electron chi connectivity index (χ4n) is 4.22. The van der Waals surface area contributed by atoms with Crippen molar-refractivity contribution in [2.24, 2.45) is 0 Å². The summed E-state index contributed by atoms with van der Waals surface area (Å²) in [6.45, 7) is 8.68. The predicted octanol–water partition coefficient (Wildman–Crippen LogP) is 4.39. The summed E-state index contributed by atoms with van der Waals surface area (Å²) in [6.07, 6.45) is 2.04. The molecule has 7 nitrogen and oxygen atoms in total. The van der Waals surface area contributed by atoms with E-state index in [1.165, 1.54) is 23.2 Å². The number of benzene rings is 2. The molecule has 0 radical (unpaired) electrons. The zero-order valence-electron chi connectivity index (χ0n) is 19.4. The number of hydrogen-bond acceptors (Lipinski definition) is 7. The highest BCUT2D eigenvalue weighted by molar-refractivity contribution is 7.22. The maximum Gasteiger partial charge on any atom is 0.267 e. The Morgan fingerprint density at radius 1 is 1.15 bits per heavy atom. The van der Waals surface area contributed by atoms with E-state index in [2.05, 4.69) is 24.8 Å². The van der Waals surface area contributed by atoms with Crippen molar-refractivity contribution >= 4 is 43.6 Å². The Morgan fingerprint density at radius 3 is 2.74 bits per heavy atom. The van der Waals surface area contributed by atoms with E-state index in [4.69, 9.17) is 14.1 Å². The molecule has 0 unspecified atom stereocenters. The maximum atomic E-state index is 13.7. The van der Waals surface area contributed by atoms with Crippen molar-refractivity contribution in [2.75, 3.05) is 44.3 Å². The number of nitrogens with zero attached hydrogens (tertiary/aromatic N) is 3. The number of morpholine rings is 1. The highest BCUT2D eigenvalue weighted by atomic mass is 32.1. The van der Waals surface area contributed by atoms with Crippen LogP contribution in [0.15, 0.2) is 51.9 Å². The summed E-state index contributed by atoms with van der Waals surface area (Å²) >= 11 is 1.47. The van der Waals surface area contributed by atoms with Gasteiger partial charge in [-0.1, -0.05) is 23.5 Å². The second-order valence-electron chi connectivity index (χ2n) is 8.64. The van der Waals surface area contributed by atoms with Gasteiger partial charge in [0.05, 0.1) is 28.8 Å². The third kappa shape index (κ3) is 4.49. The van der Waals surface area contributed by atoms with Crippen LogP contribution in [0.4, 0.5) is 5.13 Å². The Kier molecular flexibility index (Phi) is 6.45. The minimum Gasteiger partial charge on any atom is -0.463 e. The summed E-state index contributed by atoms with van der Waals surface area (Å²) in [5.74, 6) is -0.381. The number of hydrogen-bond donors (Lipinski definition) is 0. The van der Waals surface area contributed by atoms with Crippen molar-refractivity contribution in [3.63, 3.8) is 0 Å². The van der Waals surface area contributed by atoms with E-state index in [0.717, 1.165) is 55.0 Å². The minimum absolute atomic E-state index is 0.0247. The Labute approximate surface area is 201 Å². The smallest absolute Gasteiger partial charge is 0.267 e. The molecule has 3 heterocycles. The van der Waals surface area contributed by atoms with Crippen LogP contribution in [0.1, 0.15) is 27.9 Å². The number of carbonyl (C=O) groups is 1. The fraction of sp³-hybridized carbons (Fsp3) is 0.346. The molecular weight excluding hydrogens is 450 g/mol. The van der Waals surface area contributed by atoms with Crippen molar-refractivity contribution < 1.29 is 13.9 Å². The number of para-hydroxylation sites is 1. The van der Waals surface area contributed by atoms with Gasteiger partial charge < -0.3 is 9.15 Å². The van der Waals surface area contributed by atoms with Crippen molar-refractivity contribution in [3.05, 3.63) is 69.6 Å². The number of ether oxygens (including phenoxy) is 1. The molecule has 1 fully saturated rings. The highest BCUT2D eigenvalue weighted by Crippen LogP contribution is 2.31. The van der Waals surface area contributed by atoms with Crippen LogP contribution in [-0.4, -0.2) is 55.2 Å². The van der Waals surface area contributed by atoms with E-state index in [1.54, 1.807) is 29.2 Å². The van der Waals surface area contributed by atoms with Gasteiger partial charge in [-0.2, -0.15) is 0 Å². The third-order valence-electron chi connectivity index (χ3n) is 6.34. The second kappa shape index (κ2) is 9.66. The zero-order chi connectivity index (χ0) is 23.7. The number of carbonyl (C=O) groups excluding carboxylic acids is 1. The Bertz CT molecular complexity index is 1370. The van der Waals surface area contributed by atoms with Crippen LogP contribution in [0.5, 0.6) is 0 Å². The molecule has 1 aliphatic rings. The number of thiazole rings is 1. The van der Waals surface area contributed by atoms with Crippen LogP contribution in [0.25, 0.3) is 21.2 Å². The molecule has 0 atom stereocenters. The summed E-state index contributed by atoms with van der Waals surface area (Å²) in [7, 11) is 0. The molecule has 1 saturated heterocycles. The number of rotatable bonds is 6. The quantitative estimate of drug-likeness (QED) is 0.410. The van der Waals surface area contributed by atoms with E-state index in [1.807, 2.05) is 6.07 Å². The minimum atomic E-state index is -0.381. The van der Waals surface area contributed by atoms with E-state index in [-0.39, 0.29) is 16.9 Å². The highest BCUT2D eigenvalue weighted by Gasteiger charge is 2.25. The summed E-state index contributed by atoms with van der Waals surface area (Å²) in [6, 6.07) is 11.1. The molecule has 176 valence electrons. The average Bonchev–Trinajstić information content (AvgIpc) is 3.25. The molecule has 0 spiro atoms. The number of aromatic nitrogens is 1. The lowest BCUT2D eigenvalue weighted by Gasteiger charge is -2.27. The molecule has 8 heteroatoms. The van der Waals surface area contributed by atoms with Gasteiger partial charge in [0, 0.05) is 26.2 Å². The number of anilines is 1. The van der Waals surface area contributed by atoms with Crippen molar-refractivity contribution in [1.82, 2.24) is 9.88 Å². The molecule has 5 rings (SSSR count). The summed E-state index contributed by atoms with van der Waals surface area (Å²) in [4.78, 5) is 35.6.